The number of H-pyrrole nitrogens is 1. The smallest absolute Gasteiger partial charge is 0.328 e. The summed E-state index contributed by atoms with van der Waals surface area (Å²) in [6.45, 7) is 6.97. The number of carboxylic acids is 2. The quantitative estimate of drug-likeness (QED) is 0.207. The van der Waals surface area contributed by atoms with E-state index in [4.69, 9.17) is 31.3 Å². The lowest BCUT2D eigenvalue weighted by Crippen LogP contribution is -2.47. The maximum absolute atomic E-state index is 11.7. The molecule has 3 aromatic rings. The first-order valence-corrected chi connectivity index (χ1v) is 14.4. The van der Waals surface area contributed by atoms with Gasteiger partial charge in [0.2, 0.25) is 0 Å². The van der Waals surface area contributed by atoms with Crippen LogP contribution in [0, 0.1) is 0 Å². The number of halogens is 2. The fraction of sp³-hybridized carbons (Fsp3) is 0.310. The summed E-state index contributed by atoms with van der Waals surface area (Å²) in [7, 11) is 1.64. The van der Waals surface area contributed by atoms with Crippen LogP contribution in [0.2, 0.25) is 5.02 Å². The lowest BCUT2D eigenvalue weighted by atomic mass is 10.2. The number of aliphatic carboxylic acids is 2. The summed E-state index contributed by atoms with van der Waals surface area (Å²) >= 11 is 9.27. The number of hydrogen-bond donors (Lipinski definition) is 4. The maximum atomic E-state index is 11.7. The molecule has 0 unspecified atom stereocenters. The molecule has 0 amide bonds. The molecule has 1 aliphatic rings. The standard InChI is InChI=1S/C25H29BrClN5O3.C4H4O4/c1-34-22-7-4-19(15-28-21-16-29-30-25(33)24(21)26)14-23(22)35-13-12-31-8-10-32(11-9-31)17-18-2-5-20(27)6-3-18;5-3(6)1-2-4(7)8/h2-7,14,16H,8-13,15,17H2,1H3,(H2,28,30,33);1-2H,(H,5,6)(H,7,8)/b;2-1+. The van der Waals surface area contributed by atoms with Gasteiger partial charge in [0.1, 0.15) is 11.1 Å². The maximum Gasteiger partial charge on any atom is 0.328 e. The first-order valence-electron chi connectivity index (χ1n) is 13.2. The van der Waals surface area contributed by atoms with Crippen molar-refractivity contribution in [2.24, 2.45) is 0 Å². The summed E-state index contributed by atoms with van der Waals surface area (Å²) in [5, 5.41) is 25.8. The minimum Gasteiger partial charge on any atom is -0.493 e. The Labute approximate surface area is 262 Å². The molecule has 0 saturated carbocycles. The number of piperazine rings is 1. The van der Waals surface area contributed by atoms with E-state index < -0.39 is 11.9 Å². The summed E-state index contributed by atoms with van der Waals surface area (Å²) < 4.78 is 12.0. The first-order chi connectivity index (χ1) is 20.6. The average Bonchev–Trinajstić information content (AvgIpc) is 2.99. The molecule has 2 aromatic carbocycles. The molecule has 12 nitrogen and oxygen atoms in total. The van der Waals surface area contributed by atoms with Crippen LogP contribution in [0.15, 0.2) is 70.1 Å². The average molecular weight is 679 g/mol. The van der Waals surface area contributed by atoms with Gasteiger partial charge in [-0.2, -0.15) is 5.10 Å². The Morgan fingerprint density at radius 3 is 2.28 bits per heavy atom. The van der Waals surface area contributed by atoms with Gasteiger partial charge in [-0.25, -0.2) is 14.7 Å². The molecule has 0 radical (unpaired) electrons. The van der Waals surface area contributed by atoms with Crippen molar-refractivity contribution in [2.75, 3.05) is 51.8 Å². The summed E-state index contributed by atoms with van der Waals surface area (Å²) in [5.41, 5.74) is 2.64. The van der Waals surface area contributed by atoms with Gasteiger partial charge in [0.05, 0.1) is 19.0 Å². The Morgan fingerprint density at radius 2 is 1.65 bits per heavy atom. The Bertz CT molecular complexity index is 1430. The van der Waals surface area contributed by atoms with E-state index in [9.17, 15) is 14.4 Å². The van der Waals surface area contributed by atoms with Crippen molar-refractivity contribution in [2.45, 2.75) is 13.1 Å². The summed E-state index contributed by atoms with van der Waals surface area (Å²) in [4.78, 5) is 35.7. The number of carbonyl (C=O) groups is 2. The highest BCUT2D eigenvalue weighted by Crippen LogP contribution is 2.29. The predicted molar refractivity (Wildman–Crippen MR) is 166 cm³/mol. The minimum absolute atomic E-state index is 0.278. The van der Waals surface area contributed by atoms with E-state index in [-0.39, 0.29) is 5.56 Å². The van der Waals surface area contributed by atoms with Gasteiger partial charge in [-0.05, 0) is 51.3 Å². The molecular formula is C29H33BrClN5O7. The van der Waals surface area contributed by atoms with Crippen molar-refractivity contribution in [3.05, 3.63) is 91.8 Å². The molecule has 0 aliphatic carbocycles. The van der Waals surface area contributed by atoms with Crippen molar-refractivity contribution in [1.29, 1.82) is 0 Å². The zero-order valence-corrected chi connectivity index (χ0v) is 25.8. The Hall–Kier alpha value is -3.91. The molecule has 2 heterocycles. The molecule has 1 saturated heterocycles. The monoisotopic (exact) mass is 677 g/mol. The first kappa shape index (κ1) is 33.6. The van der Waals surface area contributed by atoms with Gasteiger partial charge in [0.15, 0.2) is 11.5 Å². The topological polar surface area (TPSA) is 157 Å². The largest absolute Gasteiger partial charge is 0.493 e. The fourth-order valence-electron chi connectivity index (χ4n) is 4.09. The highest BCUT2D eigenvalue weighted by atomic mass is 79.9. The van der Waals surface area contributed by atoms with Crippen LogP contribution in [-0.2, 0) is 22.7 Å². The molecule has 0 atom stereocenters. The van der Waals surface area contributed by atoms with E-state index in [0.29, 0.717) is 47.0 Å². The van der Waals surface area contributed by atoms with E-state index in [2.05, 4.69) is 53.4 Å². The molecular weight excluding hydrogens is 646 g/mol. The van der Waals surface area contributed by atoms with Gasteiger partial charge in [0, 0.05) is 63.0 Å². The number of nitrogens with zero attached hydrogens (tertiary/aromatic N) is 3. The van der Waals surface area contributed by atoms with Gasteiger partial charge in [-0.15, -0.1) is 0 Å². The number of aromatic amines is 1. The van der Waals surface area contributed by atoms with Gasteiger partial charge in [-0.1, -0.05) is 29.8 Å². The number of nitrogens with one attached hydrogen (secondary N) is 2. The van der Waals surface area contributed by atoms with Gasteiger partial charge in [-0.3, -0.25) is 14.6 Å². The van der Waals surface area contributed by atoms with E-state index in [1.165, 1.54) is 5.56 Å². The SMILES string of the molecule is COc1ccc(CNc2cn[nH]c(=O)c2Br)cc1OCCN1CCN(Cc2ccc(Cl)cc2)CC1.O=C(O)/C=C/C(=O)O. The Balaban J connectivity index is 0.000000557. The number of rotatable bonds is 12. The molecule has 230 valence electrons. The molecule has 0 spiro atoms. The lowest BCUT2D eigenvalue weighted by Gasteiger charge is -2.34. The molecule has 4 N–H and O–H groups in total. The molecule has 1 aliphatic heterocycles. The third-order valence-electron chi connectivity index (χ3n) is 6.32. The van der Waals surface area contributed by atoms with Gasteiger partial charge >= 0.3 is 11.9 Å². The second-order valence-corrected chi connectivity index (χ2v) is 10.6. The van der Waals surface area contributed by atoms with E-state index in [0.717, 1.165) is 49.9 Å². The Kier molecular flexibility index (Phi) is 13.5. The van der Waals surface area contributed by atoms with Crippen molar-refractivity contribution >= 4 is 45.2 Å². The third-order valence-corrected chi connectivity index (χ3v) is 7.36. The van der Waals surface area contributed by atoms with Gasteiger partial charge in [0.25, 0.3) is 5.56 Å². The Morgan fingerprint density at radius 1 is 1.02 bits per heavy atom. The second-order valence-electron chi connectivity index (χ2n) is 9.37. The number of hydrogen-bond acceptors (Lipinski definition) is 9. The van der Waals surface area contributed by atoms with Crippen molar-refractivity contribution in [3.8, 4) is 11.5 Å². The third kappa shape index (κ3) is 11.7. The summed E-state index contributed by atoms with van der Waals surface area (Å²) in [6.07, 6.45) is 2.69. The fourth-order valence-corrected chi connectivity index (χ4v) is 4.55. The van der Waals surface area contributed by atoms with E-state index in [1.807, 2.05) is 30.3 Å². The molecule has 1 fully saturated rings. The summed E-state index contributed by atoms with van der Waals surface area (Å²) in [6, 6.07) is 13.9. The van der Waals surface area contributed by atoms with Crippen LogP contribution >= 0.6 is 27.5 Å². The highest BCUT2D eigenvalue weighted by molar-refractivity contribution is 9.10. The zero-order chi connectivity index (χ0) is 31.2. The summed E-state index contributed by atoms with van der Waals surface area (Å²) in [5.74, 6) is -1.11. The van der Waals surface area contributed by atoms with E-state index in [1.54, 1.807) is 13.3 Å². The number of carboxylic acid groups (broad SMARTS) is 2. The number of anilines is 1. The van der Waals surface area contributed by atoms with Crippen LogP contribution < -0.4 is 20.3 Å². The zero-order valence-electron chi connectivity index (χ0n) is 23.5. The molecule has 14 heteroatoms. The van der Waals surface area contributed by atoms with E-state index >= 15 is 0 Å². The number of benzene rings is 2. The van der Waals surface area contributed by atoms with Crippen molar-refractivity contribution in [3.63, 3.8) is 0 Å². The number of aromatic nitrogens is 2. The van der Waals surface area contributed by atoms with Crippen LogP contribution in [0.1, 0.15) is 11.1 Å². The minimum atomic E-state index is -1.26. The molecule has 43 heavy (non-hydrogen) atoms. The van der Waals surface area contributed by atoms with Crippen LogP contribution in [0.25, 0.3) is 0 Å². The normalized spacial score (nSPS) is 13.7. The number of ether oxygens (including phenoxy) is 2. The van der Waals surface area contributed by atoms with Crippen molar-refractivity contribution in [1.82, 2.24) is 20.0 Å². The molecule has 4 rings (SSSR count). The highest BCUT2D eigenvalue weighted by Gasteiger charge is 2.17. The van der Waals surface area contributed by atoms with Crippen LogP contribution in [-0.4, -0.2) is 88.6 Å². The predicted octanol–water partition coefficient (Wildman–Crippen LogP) is 3.71. The van der Waals surface area contributed by atoms with Gasteiger partial charge < -0.3 is 25.0 Å². The second kappa shape index (κ2) is 17.3. The lowest BCUT2D eigenvalue weighted by molar-refractivity contribution is -0.134. The van der Waals surface area contributed by atoms with Crippen LogP contribution in [0.3, 0.4) is 0 Å². The molecule has 0 bridgehead atoms. The van der Waals surface area contributed by atoms with Crippen LogP contribution in [0.4, 0.5) is 5.69 Å². The number of methoxy groups -OCH3 is 1. The van der Waals surface area contributed by atoms with Crippen LogP contribution in [0.5, 0.6) is 11.5 Å². The molecule has 1 aromatic heterocycles. The van der Waals surface area contributed by atoms with Crippen molar-refractivity contribution < 1.29 is 29.3 Å².